The zero-order valence-electron chi connectivity index (χ0n) is 13.9. The first-order chi connectivity index (χ1) is 12.3. The standard InChI is InChI=1S/C18H16F3N3O2/c1-2-24-15-7-6-14(8-11(15)9-16(24)25)23-17(26)22-13-5-3-4-12(10-13)18(19,20)21/h3-8,10H,2,9H2,1H3,(H2,22,23,26). The third-order valence-electron chi connectivity index (χ3n) is 4.03. The predicted molar refractivity (Wildman–Crippen MR) is 92.3 cm³/mol. The normalized spacial score (nSPS) is 13.5. The number of carbonyl (C=O) groups excluding carboxylic acids is 2. The zero-order chi connectivity index (χ0) is 18.9. The van der Waals surface area contributed by atoms with E-state index in [0.717, 1.165) is 23.4 Å². The van der Waals surface area contributed by atoms with Crippen molar-refractivity contribution in [1.29, 1.82) is 0 Å². The number of benzene rings is 2. The molecule has 0 atom stereocenters. The molecule has 3 amide bonds. The van der Waals surface area contributed by atoms with Crippen LogP contribution in [0.4, 0.5) is 35.0 Å². The Morgan fingerprint density at radius 1 is 1.12 bits per heavy atom. The van der Waals surface area contributed by atoms with E-state index in [1.165, 1.54) is 12.1 Å². The number of hydrogen-bond acceptors (Lipinski definition) is 2. The molecule has 2 aromatic rings. The molecular formula is C18H16F3N3O2. The summed E-state index contributed by atoms with van der Waals surface area (Å²) < 4.78 is 38.1. The maximum absolute atomic E-state index is 12.7. The number of rotatable bonds is 3. The highest BCUT2D eigenvalue weighted by atomic mass is 19.4. The highest BCUT2D eigenvalue weighted by molar-refractivity contribution is 6.03. The van der Waals surface area contributed by atoms with Crippen LogP contribution in [0.3, 0.4) is 0 Å². The van der Waals surface area contributed by atoms with Gasteiger partial charge < -0.3 is 15.5 Å². The van der Waals surface area contributed by atoms with Crippen molar-refractivity contribution < 1.29 is 22.8 Å². The molecule has 0 radical (unpaired) electrons. The van der Waals surface area contributed by atoms with Crippen molar-refractivity contribution in [1.82, 2.24) is 0 Å². The van der Waals surface area contributed by atoms with Gasteiger partial charge in [0.15, 0.2) is 0 Å². The number of nitrogens with zero attached hydrogens (tertiary/aromatic N) is 1. The summed E-state index contributed by atoms with van der Waals surface area (Å²) in [6.07, 6.45) is -4.22. The van der Waals surface area contributed by atoms with Gasteiger partial charge in [-0.2, -0.15) is 13.2 Å². The van der Waals surface area contributed by atoms with Crippen molar-refractivity contribution in [2.24, 2.45) is 0 Å². The lowest BCUT2D eigenvalue weighted by Crippen LogP contribution is -2.25. The summed E-state index contributed by atoms with van der Waals surface area (Å²) in [5.41, 5.74) is 1.26. The lowest BCUT2D eigenvalue weighted by Gasteiger charge is -2.15. The molecule has 5 nitrogen and oxygen atoms in total. The largest absolute Gasteiger partial charge is 0.416 e. The number of fused-ring (bicyclic) bond motifs is 1. The van der Waals surface area contributed by atoms with E-state index in [4.69, 9.17) is 0 Å². The lowest BCUT2D eigenvalue weighted by molar-refractivity contribution is -0.137. The lowest BCUT2D eigenvalue weighted by atomic mass is 10.1. The van der Waals surface area contributed by atoms with Gasteiger partial charge in [0, 0.05) is 23.6 Å². The van der Waals surface area contributed by atoms with E-state index in [1.807, 2.05) is 6.92 Å². The summed E-state index contributed by atoms with van der Waals surface area (Å²) in [4.78, 5) is 25.6. The van der Waals surface area contributed by atoms with Crippen molar-refractivity contribution in [3.05, 3.63) is 53.6 Å². The van der Waals surface area contributed by atoms with Crippen LogP contribution in [0.1, 0.15) is 18.1 Å². The van der Waals surface area contributed by atoms with Gasteiger partial charge in [0.2, 0.25) is 5.91 Å². The van der Waals surface area contributed by atoms with Gasteiger partial charge in [-0.25, -0.2) is 4.79 Å². The van der Waals surface area contributed by atoms with E-state index < -0.39 is 17.8 Å². The first-order valence-corrected chi connectivity index (χ1v) is 7.96. The van der Waals surface area contributed by atoms with Crippen molar-refractivity contribution in [3.63, 3.8) is 0 Å². The molecule has 0 spiro atoms. The van der Waals surface area contributed by atoms with Crippen LogP contribution in [0.25, 0.3) is 0 Å². The number of alkyl halides is 3. The Labute approximate surface area is 147 Å². The Hall–Kier alpha value is -3.03. The fraction of sp³-hybridized carbons (Fsp3) is 0.222. The number of halogens is 3. The maximum Gasteiger partial charge on any atom is 0.416 e. The van der Waals surface area contributed by atoms with Crippen molar-refractivity contribution >= 4 is 29.0 Å². The second-order valence-corrected chi connectivity index (χ2v) is 5.82. The first kappa shape index (κ1) is 17.8. The van der Waals surface area contributed by atoms with Gasteiger partial charge in [0.1, 0.15) is 0 Å². The Morgan fingerprint density at radius 2 is 1.81 bits per heavy atom. The van der Waals surface area contributed by atoms with E-state index in [9.17, 15) is 22.8 Å². The molecule has 1 aliphatic heterocycles. The van der Waals surface area contributed by atoms with Crippen LogP contribution in [0.5, 0.6) is 0 Å². The summed E-state index contributed by atoms with van der Waals surface area (Å²) in [5.74, 6) is -0.00642. The predicted octanol–water partition coefficient (Wildman–Crippen LogP) is 4.26. The van der Waals surface area contributed by atoms with Gasteiger partial charge in [-0.3, -0.25) is 4.79 Å². The molecule has 1 heterocycles. The third-order valence-corrected chi connectivity index (χ3v) is 4.03. The smallest absolute Gasteiger partial charge is 0.312 e. The van der Waals surface area contributed by atoms with Crippen LogP contribution in [0.15, 0.2) is 42.5 Å². The van der Waals surface area contributed by atoms with Crippen LogP contribution in [0, 0.1) is 0 Å². The van der Waals surface area contributed by atoms with Gasteiger partial charge >= 0.3 is 12.2 Å². The molecular weight excluding hydrogens is 347 g/mol. The van der Waals surface area contributed by atoms with Crippen LogP contribution in [-0.2, 0) is 17.4 Å². The van der Waals surface area contributed by atoms with Gasteiger partial charge in [-0.05, 0) is 48.9 Å². The molecule has 0 aromatic heterocycles. The molecule has 0 saturated carbocycles. The van der Waals surface area contributed by atoms with Crippen molar-refractivity contribution in [2.75, 3.05) is 22.1 Å². The minimum atomic E-state index is -4.48. The van der Waals surface area contributed by atoms with Gasteiger partial charge in [-0.15, -0.1) is 0 Å². The zero-order valence-corrected chi connectivity index (χ0v) is 13.9. The topological polar surface area (TPSA) is 61.4 Å². The molecule has 1 aliphatic rings. The van der Waals surface area contributed by atoms with E-state index in [1.54, 1.807) is 23.1 Å². The van der Waals surface area contributed by atoms with Gasteiger partial charge in [-0.1, -0.05) is 6.07 Å². The fourth-order valence-electron chi connectivity index (χ4n) is 2.87. The first-order valence-electron chi connectivity index (χ1n) is 7.96. The molecule has 2 aromatic carbocycles. The molecule has 0 fully saturated rings. The van der Waals surface area contributed by atoms with E-state index in [-0.39, 0.29) is 18.0 Å². The molecule has 26 heavy (non-hydrogen) atoms. The second kappa shape index (κ2) is 6.70. The summed E-state index contributed by atoms with van der Waals surface area (Å²) >= 11 is 0. The Bertz CT molecular complexity index is 865. The third kappa shape index (κ3) is 3.63. The van der Waals surface area contributed by atoms with Crippen LogP contribution < -0.4 is 15.5 Å². The van der Waals surface area contributed by atoms with E-state index >= 15 is 0 Å². The maximum atomic E-state index is 12.7. The quantitative estimate of drug-likeness (QED) is 0.856. The molecule has 0 bridgehead atoms. The highest BCUT2D eigenvalue weighted by Crippen LogP contribution is 2.32. The molecule has 2 N–H and O–H groups in total. The fourth-order valence-corrected chi connectivity index (χ4v) is 2.87. The summed E-state index contributed by atoms with van der Waals surface area (Å²) in [6.45, 7) is 2.44. The summed E-state index contributed by atoms with van der Waals surface area (Å²) in [7, 11) is 0. The molecule has 0 saturated heterocycles. The van der Waals surface area contributed by atoms with Crippen molar-refractivity contribution in [2.45, 2.75) is 19.5 Å². The second-order valence-electron chi connectivity index (χ2n) is 5.82. The number of anilines is 3. The van der Waals surface area contributed by atoms with Crippen LogP contribution >= 0.6 is 0 Å². The van der Waals surface area contributed by atoms with Crippen molar-refractivity contribution in [3.8, 4) is 0 Å². The summed E-state index contributed by atoms with van der Waals surface area (Å²) in [6, 6.07) is 8.79. The monoisotopic (exact) mass is 363 g/mol. The van der Waals surface area contributed by atoms with E-state index in [2.05, 4.69) is 10.6 Å². The Kier molecular flexibility index (Phi) is 4.58. The van der Waals surface area contributed by atoms with Gasteiger partial charge in [0.05, 0.1) is 12.0 Å². The number of carbonyl (C=O) groups is 2. The molecule has 136 valence electrons. The van der Waals surface area contributed by atoms with Gasteiger partial charge in [0.25, 0.3) is 0 Å². The molecule has 0 unspecified atom stereocenters. The summed E-state index contributed by atoms with van der Waals surface area (Å²) in [5, 5.41) is 4.94. The van der Waals surface area contributed by atoms with Crippen LogP contribution in [-0.4, -0.2) is 18.5 Å². The minimum Gasteiger partial charge on any atom is -0.312 e. The average molecular weight is 363 g/mol. The molecule has 3 rings (SSSR count). The number of amides is 3. The SMILES string of the molecule is CCN1C(=O)Cc2cc(NC(=O)Nc3cccc(C(F)(F)F)c3)ccc21. The van der Waals surface area contributed by atoms with E-state index in [0.29, 0.717) is 12.2 Å². The molecule has 0 aliphatic carbocycles. The molecule has 8 heteroatoms. The minimum absolute atomic E-state index is 0.00642. The number of hydrogen-bond donors (Lipinski definition) is 2. The average Bonchev–Trinajstić information content (AvgIpc) is 2.88. The number of nitrogens with one attached hydrogen (secondary N) is 2. The number of urea groups is 1. The Morgan fingerprint density at radius 3 is 2.46 bits per heavy atom. The Balaban J connectivity index is 1.70. The highest BCUT2D eigenvalue weighted by Gasteiger charge is 2.30. The van der Waals surface area contributed by atoms with Crippen LogP contribution in [0.2, 0.25) is 0 Å². The number of likely N-dealkylation sites (N-methyl/N-ethyl adjacent to an activating group) is 1.